The number of nitrogens with zero attached hydrogens (tertiary/aromatic N) is 1. The molecule has 0 aromatic carbocycles. The van der Waals surface area contributed by atoms with Gasteiger partial charge in [-0.3, -0.25) is 4.79 Å². The third-order valence-electron chi connectivity index (χ3n) is 2.25. The Morgan fingerprint density at radius 1 is 1.36 bits per heavy atom. The molecule has 1 saturated heterocycles. The molecule has 0 radical (unpaired) electrons. The van der Waals surface area contributed by atoms with E-state index in [2.05, 4.69) is 0 Å². The van der Waals surface area contributed by atoms with Crippen LogP contribution in [0.2, 0.25) is 0 Å². The molecule has 2 heterocycles. The van der Waals surface area contributed by atoms with Gasteiger partial charge in [0, 0.05) is 13.1 Å². The van der Waals surface area contributed by atoms with Crippen molar-refractivity contribution in [3.63, 3.8) is 0 Å². The van der Waals surface area contributed by atoms with Crippen molar-refractivity contribution in [2.75, 3.05) is 26.3 Å². The van der Waals surface area contributed by atoms with E-state index in [-0.39, 0.29) is 5.91 Å². The van der Waals surface area contributed by atoms with Crippen molar-refractivity contribution in [1.82, 2.24) is 4.90 Å². The summed E-state index contributed by atoms with van der Waals surface area (Å²) in [7, 11) is 0. The maximum Gasteiger partial charge on any atom is 0.289 e. The second-order valence-electron chi connectivity index (χ2n) is 3.31. The van der Waals surface area contributed by atoms with E-state index in [1.54, 1.807) is 17.0 Å². The van der Waals surface area contributed by atoms with Gasteiger partial charge >= 0.3 is 0 Å². The molecule has 0 unspecified atom stereocenters. The summed E-state index contributed by atoms with van der Waals surface area (Å²) < 4.78 is 10.4. The minimum Gasteiger partial charge on any atom is -0.456 e. The Bertz CT molecular complexity index is 326. The molecule has 4 heteroatoms. The second-order valence-corrected chi connectivity index (χ2v) is 3.31. The van der Waals surface area contributed by atoms with Gasteiger partial charge in [0.05, 0.1) is 13.2 Å². The Hall–Kier alpha value is -1.29. The Labute approximate surface area is 82.4 Å². The molecule has 1 aromatic heterocycles. The molecule has 1 aliphatic heterocycles. The van der Waals surface area contributed by atoms with Crippen molar-refractivity contribution in [3.05, 3.63) is 23.7 Å². The van der Waals surface area contributed by atoms with E-state index in [1.807, 2.05) is 6.92 Å². The summed E-state index contributed by atoms with van der Waals surface area (Å²) in [5.74, 6) is 1.15. The van der Waals surface area contributed by atoms with E-state index >= 15 is 0 Å². The maximum atomic E-state index is 11.8. The molecule has 0 spiro atoms. The number of ether oxygens (including phenoxy) is 1. The van der Waals surface area contributed by atoms with Gasteiger partial charge in [-0.1, -0.05) is 0 Å². The Balaban J connectivity index is 2.07. The number of morpholine rings is 1. The highest BCUT2D eigenvalue weighted by Crippen LogP contribution is 2.10. The topological polar surface area (TPSA) is 42.7 Å². The van der Waals surface area contributed by atoms with E-state index in [0.29, 0.717) is 32.1 Å². The fourth-order valence-electron chi connectivity index (χ4n) is 1.47. The average Bonchev–Trinajstić information content (AvgIpc) is 2.65. The van der Waals surface area contributed by atoms with Gasteiger partial charge in [-0.05, 0) is 19.1 Å². The molecular weight excluding hydrogens is 182 g/mol. The molecule has 76 valence electrons. The van der Waals surface area contributed by atoms with Crippen LogP contribution in [0.5, 0.6) is 0 Å². The van der Waals surface area contributed by atoms with Crippen molar-refractivity contribution in [2.45, 2.75) is 6.92 Å². The van der Waals surface area contributed by atoms with Crippen LogP contribution in [-0.4, -0.2) is 37.1 Å². The number of rotatable bonds is 1. The van der Waals surface area contributed by atoms with Gasteiger partial charge in [-0.2, -0.15) is 0 Å². The predicted molar refractivity (Wildman–Crippen MR) is 50.2 cm³/mol. The van der Waals surface area contributed by atoms with Crippen LogP contribution in [0.3, 0.4) is 0 Å². The van der Waals surface area contributed by atoms with Crippen LogP contribution in [-0.2, 0) is 4.74 Å². The number of carbonyl (C=O) groups excluding carboxylic acids is 1. The quantitative estimate of drug-likeness (QED) is 0.673. The minimum atomic E-state index is -0.0404. The summed E-state index contributed by atoms with van der Waals surface area (Å²) >= 11 is 0. The number of hydrogen-bond acceptors (Lipinski definition) is 3. The molecule has 1 aromatic rings. The van der Waals surface area contributed by atoms with Crippen molar-refractivity contribution in [3.8, 4) is 0 Å². The number of hydrogen-bond donors (Lipinski definition) is 0. The lowest BCUT2D eigenvalue weighted by Gasteiger charge is -2.25. The highest BCUT2D eigenvalue weighted by atomic mass is 16.5. The minimum absolute atomic E-state index is 0.0404. The van der Waals surface area contributed by atoms with Gasteiger partial charge < -0.3 is 14.1 Å². The highest BCUT2D eigenvalue weighted by Gasteiger charge is 2.20. The van der Waals surface area contributed by atoms with Gasteiger partial charge in [0.15, 0.2) is 5.76 Å². The van der Waals surface area contributed by atoms with Crippen molar-refractivity contribution >= 4 is 5.91 Å². The predicted octanol–water partition coefficient (Wildman–Crippen LogP) is 1.06. The first-order chi connectivity index (χ1) is 6.77. The van der Waals surface area contributed by atoms with E-state index in [4.69, 9.17) is 9.15 Å². The number of carbonyl (C=O) groups is 1. The molecule has 0 atom stereocenters. The lowest BCUT2D eigenvalue weighted by atomic mass is 10.3. The van der Waals surface area contributed by atoms with Gasteiger partial charge in [0.25, 0.3) is 5.91 Å². The maximum absolute atomic E-state index is 11.8. The molecule has 14 heavy (non-hydrogen) atoms. The summed E-state index contributed by atoms with van der Waals surface area (Å²) in [6, 6.07) is 3.51. The van der Waals surface area contributed by atoms with Crippen molar-refractivity contribution in [1.29, 1.82) is 0 Å². The van der Waals surface area contributed by atoms with Crippen LogP contribution in [0.15, 0.2) is 16.5 Å². The van der Waals surface area contributed by atoms with E-state index in [0.717, 1.165) is 5.76 Å². The SMILES string of the molecule is Cc1ccc(C(=O)N2CCOCC2)o1. The summed E-state index contributed by atoms with van der Waals surface area (Å²) in [6.45, 7) is 4.37. The number of furan rings is 1. The van der Waals surface area contributed by atoms with Crippen LogP contribution in [0.25, 0.3) is 0 Å². The summed E-state index contributed by atoms with van der Waals surface area (Å²) in [4.78, 5) is 13.5. The highest BCUT2D eigenvalue weighted by molar-refractivity contribution is 5.91. The van der Waals surface area contributed by atoms with Gasteiger partial charge in [0.1, 0.15) is 5.76 Å². The zero-order valence-electron chi connectivity index (χ0n) is 8.16. The largest absolute Gasteiger partial charge is 0.456 e. The molecule has 1 fully saturated rings. The van der Waals surface area contributed by atoms with Crippen LogP contribution in [0.4, 0.5) is 0 Å². The summed E-state index contributed by atoms with van der Waals surface area (Å²) in [6.07, 6.45) is 0. The van der Waals surface area contributed by atoms with E-state index in [1.165, 1.54) is 0 Å². The van der Waals surface area contributed by atoms with E-state index < -0.39 is 0 Å². The molecule has 1 aliphatic rings. The molecule has 0 saturated carbocycles. The zero-order valence-corrected chi connectivity index (χ0v) is 8.16. The van der Waals surface area contributed by atoms with Crippen molar-refractivity contribution < 1.29 is 13.9 Å². The molecule has 0 bridgehead atoms. The third-order valence-corrected chi connectivity index (χ3v) is 2.25. The van der Waals surface area contributed by atoms with Crippen LogP contribution < -0.4 is 0 Å². The lowest BCUT2D eigenvalue weighted by molar-refractivity contribution is 0.0282. The lowest BCUT2D eigenvalue weighted by Crippen LogP contribution is -2.40. The van der Waals surface area contributed by atoms with Crippen molar-refractivity contribution in [2.24, 2.45) is 0 Å². The summed E-state index contributed by atoms with van der Waals surface area (Å²) in [5.41, 5.74) is 0. The first-order valence-corrected chi connectivity index (χ1v) is 4.71. The molecular formula is C10H13NO3. The Kier molecular flexibility index (Phi) is 2.54. The van der Waals surface area contributed by atoms with Gasteiger partial charge in [0.2, 0.25) is 0 Å². The van der Waals surface area contributed by atoms with Crippen LogP contribution in [0, 0.1) is 6.92 Å². The summed E-state index contributed by atoms with van der Waals surface area (Å²) in [5, 5.41) is 0. The number of aryl methyl sites for hydroxylation is 1. The molecule has 4 nitrogen and oxygen atoms in total. The fourth-order valence-corrected chi connectivity index (χ4v) is 1.47. The molecule has 0 aliphatic carbocycles. The smallest absolute Gasteiger partial charge is 0.289 e. The fraction of sp³-hybridized carbons (Fsp3) is 0.500. The van der Waals surface area contributed by atoms with E-state index in [9.17, 15) is 4.79 Å². The second kappa shape index (κ2) is 3.84. The number of amides is 1. The molecule has 1 amide bonds. The third kappa shape index (κ3) is 1.80. The Morgan fingerprint density at radius 2 is 2.07 bits per heavy atom. The molecule has 0 N–H and O–H groups in total. The monoisotopic (exact) mass is 195 g/mol. The normalized spacial score (nSPS) is 17.1. The average molecular weight is 195 g/mol. The van der Waals surface area contributed by atoms with Gasteiger partial charge in [-0.25, -0.2) is 0 Å². The van der Waals surface area contributed by atoms with Gasteiger partial charge in [-0.15, -0.1) is 0 Å². The Morgan fingerprint density at radius 3 is 2.64 bits per heavy atom. The zero-order chi connectivity index (χ0) is 9.97. The standard InChI is InChI=1S/C10H13NO3/c1-8-2-3-9(14-8)10(12)11-4-6-13-7-5-11/h2-3H,4-7H2,1H3. The first-order valence-electron chi connectivity index (χ1n) is 4.71. The molecule has 2 rings (SSSR count). The van der Waals surface area contributed by atoms with Crippen LogP contribution in [0.1, 0.15) is 16.3 Å². The first kappa shape index (κ1) is 9.27. The van der Waals surface area contributed by atoms with Crippen LogP contribution >= 0.6 is 0 Å².